The van der Waals surface area contributed by atoms with E-state index in [2.05, 4.69) is 17.1 Å². The predicted molar refractivity (Wildman–Crippen MR) is 67.3 cm³/mol. The van der Waals surface area contributed by atoms with Gasteiger partial charge < -0.3 is 0 Å². The average Bonchev–Trinajstić information content (AvgIpc) is 2.33. The third kappa shape index (κ3) is 2.25. The first kappa shape index (κ1) is 10.8. The normalized spacial score (nSPS) is 9.69. The van der Waals surface area contributed by atoms with Crippen LogP contribution in [0.15, 0.2) is 48.5 Å². The molecule has 2 nitrogen and oxygen atoms in total. The fourth-order valence-corrected chi connectivity index (χ4v) is 2.47. The van der Waals surface area contributed by atoms with E-state index in [1.807, 2.05) is 36.4 Å². The van der Waals surface area contributed by atoms with Gasteiger partial charge in [-0.2, -0.15) is 0 Å². The number of nitrogen functional groups attached to an aromatic ring is 1. The average molecular weight is 273 g/mol. The predicted octanol–water partition coefficient (Wildman–Crippen LogP) is 1.75. The first-order valence-corrected chi connectivity index (χ1v) is 6.53. The topological polar surface area (TPSA) is 49.8 Å². The zero-order valence-electron chi connectivity index (χ0n) is 8.55. The van der Waals surface area contributed by atoms with E-state index in [-0.39, 0.29) is 15.0 Å². The number of hydrogen-bond donors (Lipinski definition) is 1. The van der Waals surface area contributed by atoms with E-state index in [0.717, 1.165) is 15.6 Å². The summed E-state index contributed by atoms with van der Waals surface area (Å²) in [5.41, 5.74) is 8.79. The number of anilines is 1. The summed E-state index contributed by atoms with van der Waals surface area (Å²) in [5, 5.41) is 8.73. The maximum atomic E-state index is 8.73. The van der Waals surface area contributed by atoms with E-state index in [0.29, 0.717) is 5.69 Å². The van der Waals surface area contributed by atoms with Crippen LogP contribution in [0.4, 0.5) is 5.69 Å². The number of hydrogen-bond acceptors (Lipinski definition) is 2. The van der Waals surface area contributed by atoms with Gasteiger partial charge in [-0.15, -0.1) is 0 Å². The van der Waals surface area contributed by atoms with Crippen LogP contribution in [0.1, 0.15) is 0 Å². The van der Waals surface area contributed by atoms with Crippen LogP contribution in [0.2, 0.25) is 0 Å². The number of rotatable bonds is 2. The van der Waals surface area contributed by atoms with E-state index < -0.39 is 0 Å². The fourth-order valence-electron chi connectivity index (χ4n) is 1.48. The first-order chi connectivity index (χ1) is 7.81. The molecule has 0 aliphatic heterocycles. The Hall–Kier alpha value is -1.75. The van der Waals surface area contributed by atoms with Crippen LogP contribution in [0.25, 0.3) is 11.1 Å². The zero-order chi connectivity index (χ0) is 11.4. The van der Waals surface area contributed by atoms with E-state index in [9.17, 15) is 0 Å². The molecule has 2 rings (SSSR count). The molecular weight excluding hydrogens is 263 g/mol. The summed E-state index contributed by atoms with van der Waals surface area (Å²) in [7, 11) is 0. The molecule has 3 heteroatoms. The summed E-state index contributed by atoms with van der Waals surface area (Å²) in [4.78, 5) is 2.19. The van der Waals surface area contributed by atoms with Gasteiger partial charge in [0.1, 0.15) is 0 Å². The third-order valence-electron chi connectivity index (χ3n) is 2.28. The van der Waals surface area contributed by atoms with Crippen molar-refractivity contribution >= 4 is 25.1 Å². The summed E-state index contributed by atoms with van der Waals surface area (Å²) in [6.07, 6.45) is 0. The van der Waals surface area contributed by atoms with E-state index in [1.165, 1.54) is 0 Å². The number of nitrogens with zero attached hydrogens (tertiary/aromatic N) is 1. The van der Waals surface area contributed by atoms with Crippen LogP contribution in [0, 0.1) is 10.2 Å². The molecule has 0 bridgehead atoms. The van der Waals surface area contributed by atoms with Crippen molar-refractivity contribution in [1.29, 1.82) is 5.26 Å². The van der Waals surface area contributed by atoms with Crippen LogP contribution in [-0.2, 0) is 0 Å². The van der Waals surface area contributed by atoms with Gasteiger partial charge in [0, 0.05) is 0 Å². The van der Waals surface area contributed by atoms with Gasteiger partial charge in [-0.1, -0.05) is 0 Å². The molecule has 78 valence electrons. The van der Waals surface area contributed by atoms with Gasteiger partial charge >= 0.3 is 101 Å². The van der Waals surface area contributed by atoms with Crippen molar-refractivity contribution < 1.29 is 0 Å². The van der Waals surface area contributed by atoms with Crippen LogP contribution < -0.4 is 10.2 Å². The number of nitriles is 1. The van der Waals surface area contributed by atoms with Crippen LogP contribution >= 0.6 is 0 Å². The van der Waals surface area contributed by atoms with E-state index in [4.69, 9.17) is 11.0 Å². The Morgan fingerprint density at radius 3 is 2.44 bits per heavy atom. The van der Waals surface area contributed by atoms with Crippen molar-refractivity contribution in [3.63, 3.8) is 0 Å². The second-order valence-corrected chi connectivity index (χ2v) is 5.05. The van der Waals surface area contributed by atoms with Crippen molar-refractivity contribution in [3.05, 3.63) is 48.5 Å². The van der Waals surface area contributed by atoms with Gasteiger partial charge in [-0.3, -0.25) is 0 Å². The minimum absolute atomic E-state index is 0.200. The molecule has 0 amide bonds. The number of benzene rings is 2. The molecule has 0 aromatic heterocycles. The third-order valence-corrected chi connectivity index (χ3v) is 3.67. The Morgan fingerprint density at radius 1 is 1.00 bits per heavy atom. The molecule has 0 heterocycles. The molecule has 0 aliphatic carbocycles. The fraction of sp³-hybridized carbons (Fsp3) is 0. The number of nitrogens with two attached hydrogens (primary N) is 1. The molecule has 0 unspecified atom stereocenters. The second kappa shape index (κ2) is 4.85. The molecule has 2 aromatic carbocycles. The summed E-state index contributed by atoms with van der Waals surface area (Å²) in [6.45, 7) is 0. The van der Waals surface area contributed by atoms with Gasteiger partial charge in [-0.05, 0) is 0 Å². The van der Waals surface area contributed by atoms with Crippen molar-refractivity contribution in [2.24, 2.45) is 0 Å². The molecule has 0 radical (unpaired) electrons. The second-order valence-electron chi connectivity index (χ2n) is 3.31. The standard InChI is InChI=1S/C13H10N2Se/c14-9-16-13-8-11(6-7-12(13)15)10-4-2-1-3-5-10/h1-8H,15H2. The molecule has 0 fully saturated rings. The molecule has 2 N–H and O–H groups in total. The van der Waals surface area contributed by atoms with Crippen molar-refractivity contribution in [2.45, 2.75) is 0 Å². The first-order valence-electron chi connectivity index (χ1n) is 4.82. The quantitative estimate of drug-likeness (QED) is 0.669. The Labute approximate surface area is 101 Å². The molecule has 2 aromatic rings. The van der Waals surface area contributed by atoms with Crippen molar-refractivity contribution in [2.75, 3.05) is 5.73 Å². The molecule has 0 atom stereocenters. The van der Waals surface area contributed by atoms with Crippen molar-refractivity contribution in [1.82, 2.24) is 0 Å². The molecule has 16 heavy (non-hydrogen) atoms. The summed E-state index contributed by atoms with van der Waals surface area (Å²) in [6, 6.07) is 16.0. The minimum atomic E-state index is -0.200. The van der Waals surface area contributed by atoms with Crippen LogP contribution in [-0.4, -0.2) is 15.0 Å². The summed E-state index contributed by atoms with van der Waals surface area (Å²) >= 11 is -0.200. The van der Waals surface area contributed by atoms with Gasteiger partial charge in [-0.25, -0.2) is 0 Å². The van der Waals surface area contributed by atoms with Gasteiger partial charge in [0.05, 0.1) is 0 Å². The molecular formula is C13H10N2Se. The van der Waals surface area contributed by atoms with E-state index in [1.54, 1.807) is 0 Å². The zero-order valence-corrected chi connectivity index (χ0v) is 10.3. The van der Waals surface area contributed by atoms with Crippen LogP contribution in [0.3, 0.4) is 0 Å². The molecule has 0 aliphatic rings. The monoisotopic (exact) mass is 274 g/mol. The van der Waals surface area contributed by atoms with Gasteiger partial charge in [0.15, 0.2) is 0 Å². The van der Waals surface area contributed by atoms with Gasteiger partial charge in [0.2, 0.25) is 0 Å². The Kier molecular flexibility index (Phi) is 3.26. The maximum absolute atomic E-state index is 8.73. The molecule has 0 saturated heterocycles. The van der Waals surface area contributed by atoms with Gasteiger partial charge in [0.25, 0.3) is 0 Å². The SMILES string of the molecule is N#C[Se]c1cc(-c2ccccc2)ccc1N. The Bertz CT molecular complexity index is 529. The van der Waals surface area contributed by atoms with Crippen LogP contribution in [0.5, 0.6) is 0 Å². The Morgan fingerprint density at radius 2 is 1.75 bits per heavy atom. The molecule has 0 saturated carbocycles. The van der Waals surface area contributed by atoms with E-state index >= 15 is 0 Å². The summed E-state index contributed by atoms with van der Waals surface area (Å²) in [5.74, 6) is 0. The molecule has 0 spiro atoms. The summed E-state index contributed by atoms with van der Waals surface area (Å²) < 4.78 is 0.955. The van der Waals surface area contributed by atoms with Crippen molar-refractivity contribution in [3.8, 4) is 16.1 Å². The Balaban J connectivity index is 2.45.